The maximum Gasteiger partial charge on any atom is 0.0122 e. The van der Waals surface area contributed by atoms with E-state index in [9.17, 15) is 0 Å². The fourth-order valence-corrected chi connectivity index (χ4v) is 3.80. The highest BCUT2D eigenvalue weighted by atomic mass is 32.2. The van der Waals surface area contributed by atoms with Gasteiger partial charge in [0.15, 0.2) is 0 Å². The van der Waals surface area contributed by atoms with Crippen LogP contribution in [0.4, 0.5) is 0 Å². The highest BCUT2D eigenvalue weighted by molar-refractivity contribution is 8.00. The summed E-state index contributed by atoms with van der Waals surface area (Å²) < 4.78 is 0.297. The molecule has 20 heavy (non-hydrogen) atoms. The zero-order chi connectivity index (χ0) is 14.6. The molecular weight excluding hydrogens is 262 g/mol. The summed E-state index contributed by atoms with van der Waals surface area (Å²) >= 11 is 1.95. The van der Waals surface area contributed by atoms with Crippen LogP contribution in [0.15, 0.2) is 29.2 Å². The van der Waals surface area contributed by atoms with Crippen LogP contribution in [0.5, 0.6) is 0 Å². The molecule has 0 spiro atoms. The molecule has 0 amide bonds. The van der Waals surface area contributed by atoms with E-state index in [0.717, 1.165) is 6.04 Å². The third kappa shape index (κ3) is 5.14. The summed E-state index contributed by atoms with van der Waals surface area (Å²) in [6.45, 7) is 11.8. The number of likely N-dealkylation sites (tertiary alicyclic amines) is 1. The lowest BCUT2D eigenvalue weighted by molar-refractivity contribution is 0.247. The fraction of sp³-hybridized carbons (Fsp3) is 0.667. The molecular formula is C18H29NS. The number of hydrogen-bond acceptors (Lipinski definition) is 2. The molecule has 2 heteroatoms. The van der Waals surface area contributed by atoms with Crippen molar-refractivity contribution in [3.05, 3.63) is 29.8 Å². The van der Waals surface area contributed by atoms with Crippen LogP contribution in [0.2, 0.25) is 0 Å². The molecule has 1 aromatic rings. The number of thioether (sulfide) groups is 1. The Bertz CT molecular complexity index is 398. The molecule has 1 nitrogen and oxygen atoms in total. The minimum atomic E-state index is 0.297. The number of benzene rings is 1. The van der Waals surface area contributed by atoms with E-state index in [0.29, 0.717) is 4.75 Å². The average molecular weight is 292 g/mol. The Morgan fingerprint density at radius 3 is 2.25 bits per heavy atom. The van der Waals surface area contributed by atoms with Crippen molar-refractivity contribution in [2.24, 2.45) is 0 Å². The minimum Gasteiger partial charge on any atom is -0.301 e. The van der Waals surface area contributed by atoms with Gasteiger partial charge in [-0.05, 0) is 63.4 Å². The van der Waals surface area contributed by atoms with Crippen molar-refractivity contribution < 1.29 is 0 Å². The van der Waals surface area contributed by atoms with Crippen molar-refractivity contribution in [2.75, 3.05) is 13.1 Å². The van der Waals surface area contributed by atoms with Crippen molar-refractivity contribution in [1.82, 2.24) is 4.90 Å². The molecule has 2 rings (SSSR count). The number of hydrogen-bond donors (Lipinski definition) is 0. The first-order valence-corrected chi connectivity index (χ1v) is 8.78. The van der Waals surface area contributed by atoms with Crippen LogP contribution in [0.25, 0.3) is 0 Å². The van der Waals surface area contributed by atoms with E-state index in [1.807, 2.05) is 11.8 Å². The van der Waals surface area contributed by atoms with Crippen LogP contribution in [-0.2, 0) is 6.42 Å². The monoisotopic (exact) mass is 291 g/mol. The second-order valence-electron chi connectivity index (χ2n) is 6.99. The van der Waals surface area contributed by atoms with Gasteiger partial charge in [-0.15, -0.1) is 11.8 Å². The van der Waals surface area contributed by atoms with Gasteiger partial charge in [-0.25, -0.2) is 0 Å². The maximum atomic E-state index is 2.64. The molecule has 1 heterocycles. The van der Waals surface area contributed by atoms with E-state index in [4.69, 9.17) is 0 Å². The van der Waals surface area contributed by atoms with E-state index in [-0.39, 0.29) is 0 Å². The molecule has 0 bridgehead atoms. The van der Waals surface area contributed by atoms with Gasteiger partial charge in [-0.3, -0.25) is 0 Å². The fourth-order valence-electron chi connectivity index (χ4n) is 2.82. The maximum absolute atomic E-state index is 2.64. The molecule has 1 fully saturated rings. The van der Waals surface area contributed by atoms with E-state index >= 15 is 0 Å². The first-order valence-electron chi connectivity index (χ1n) is 7.96. The van der Waals surface area contributed by atoms with Gasteiger partial charge < -0.3 is 4.90 Å². The quantitative estimate of drug-likeness (QED) is 0.703. The minimum absolute atomic E-state index is 0.297. The highest BCUT2D eigenvalue weighted by Crippen LogP contribution is 2.31. The summed E-state index contributed by atoms with van der Waals surface area (Å²) in [4.78, 5) is 4.03. The molecule has 1 aromatic carbocycles. The molecule has 0 N–H and O–H groups in total. The van der Waals surface area contributed by atoms with Crippen LogP contribution in [0.3, 0.4) is 0 Å². The largest absolute Gasteiger partial charge is 0.301 e. The van der Waals surface area contributed by atoms with Crippen molar-refractivity contribution in [1.29, 1.82) is 0 Å². The zero-order valence-electron chi connectivity index (χ0n) is 13.5. The average Bonchev–Trinajstić information content (AvgIpc) is 2.89. The molecule has 1 aliphatic heterocycles. The van der Waals surface area contributed by atoms with Gasteiger partial charge in [0.05, 0.1) is 0 Å². The lowest BCUT2D eigenvalue weighted by atomic mass is 10.1. The summed E-state index contributed by atoms with van der Waals surface area (Å²) in [5, 5.41) is 0. The summed E-state index contributed by atoms with van der Waals surface area (Å²) in [7, 11) is 0. The zero-order valence-corrected chi connectivity index (χ0v) is 14.3. The smallest absolute Gasteiger partial charge is 0.0122 e. The molecule has 0 radical (unpaired) electrons. The standard InChI is InChI=1S/C18H29NS/c1-15(19-13-5-6-14-19)7-8-16-9-11-17(12-10-16)20-18(2,3)4/h9-12,15H,5-8,13-14H2,1-4H3. The molecule has 1 saturated heterocycles. The molecule has 112 valence electrons. The molecule has 0 aromatic heterocycles. The summed E-state index contributed by atoms with van der Waals surface area (Å²) in [5.41, 5.74) is 1.48. The van der Waals surface area contributed by atoms with Gasteiger partial charge in [-0.1, -0.05) is 32.9 Å². The first-order chi connectivity index (χ1) is 9.44. The number of nitrogens with zero attached hydrogens (tertiary/aromatic N) is 1. The van der Waals surface area contributed by atoms with Crippen molar-refractivity contribution >= 4 is 11.8 Å². The third-order valence-electron chi connectivity index (χ3n) is 3.96. The van der Waals surface area contributed by atoms with Crippen LogP contribution in [-0.4, -0.2) is 28.8 Å². The third-order valence-corrected chi connectivity index (χ3v) is 5.08. The van der Waals surface area contributed by atoms with E-state index in [2.05, 4.69) is 56.9 Å². The lowest BCUT2D eigenvalue weighted by Gasteiger charge is -2.23. The van der Waals surface area contributed by atoms with Crippen molar-refractivity contribution in [3.63, 3.8) is 0 Å². The van der Waals surface area contributed by atoms with Crippen LogP contribution in [0.1, 0.15) is 52.5 Å². The normalized spacial score (nSPS) is 18.4. The van der Waals surface area contributed by atoms with Crippen LogP contribution < -0.4 is 0 Å². The predicted octanol–water partition coefficient (Wildman–Crippen LogP) is 4.99. The van der Waals surface area contributed by atoms with Gasteiger partial charge in [-0.2, -0.15) is 0 Å². The van der Waals surface area contributed by atoms with Gasteiger partial charge in [0.2, 0.25) is 0 Å². The van der Waals surface area contributed by atoms with Crippen LogP contribution >= 0.6 is 11.8 Å². The topological polar surface area (TPSA) is 3.24 Å². The molecule has 1 aliphatic rings. The predicted molar refractivity (Wildman–Crippen MR) is 90.6 cm³/mol. The van der Waals surface area contributed by atoms with Gasteiger partial charge in [0, 0.05) is 15.7 Å². The van der Waals surface area contributed by atoms with E-state index < -0.39 is 0 Å². The molecule has 0 aliphatic carbocycles. The molecule has 0 saturated carbocycles. The summed E-state index contributed by atoms with van der Waals surface area (Å²) in [6, 6.07) is 9.92. The second-order valence-corrected chi connectivity index (χ2v) is 8.89. The molecule has 1 atom stereocenters. The summed E-state index contributed by atoms with van der Waals surface area (Å²) in [5.74, 6) is 0. The lowest BCUT2D eigenvalue weighted by Crippen LogP contribution is -2.30. The molecule has 1 unspecified atom stereocenters. The van der Waals surface area contributed by atoms with Crippen molar-refractivity contribution in [2.45, 2.75) is 69.1 Å². The Hall–Kier alpha value is -0.470. The Morgan fingerprint density at radius 2 is 1.70 bits per heavy atom. The Kier molecular flexibility index (Phi) is 5.57. The number of aryl methyl sites for hydroxylation is 1. The van der Waals surface area contributed by atoms with E-state index in [1.165, 1.54) is 49.2 Å². The SMILES string of the molecule is CC(CCc1ccc(SC(C)(C)C)cc1)N1CCCC1. The van der Waals surface area contributed by atoms with Gasteiger partial charge >= 0.3 is 0 Å². The number of rotatable bonds is 5. The van der Waals surface area contributed by atoms with Crippen molar-refractivity contribution in [3.8, 4) is 0 Å². The Morgan fingerprint density at radius 1 is 1.10 bits per heavy atom. The van der Waals surface area contributed by atoms with Gasteiger partial charge in [0.1, 0.15) is 0 Å². The Labute approximate surface area is 129 Å². The van der Waals surface area contributed by atoms with Gasteiger partial charge in [0.25, 0.3) is 0 Å². The first kappa shape index (κ1) is 15.9. The Balaban J connectivity index is 1.81. The summed E-state index contributed by atoms with van der Waals surface area (Å²) in [6.07, 6.45) is 5.27. The second kappa shape index (κ2) is 7.00. The van der Waals surface area contributed by atoms with E-state index in [1.54, 1.807) is 0 Å². The van der Waals surface area contributed by atoms with Crippen LogP contribution in [0, 0.1) is 0 Å². The highest BCUT2D eigenvalue weighted by Gasteiger charge is 2.17.